The molecule has 0 fully saturated rings. The van der Waals surface area contributed by atoms with E-state index in [1.807, 2.05) is 42.5 Å². The molecule has 0 saturated heterocycles. The monoisotopic (exact) mass is 389 g/mol. The molecule has 0 amide bonds. The summed E-state index contributed by atoms with van der Waals surface area (Å²) in [7, 11) is 3.17. The molecule has 2 aromatic carbocycles. The van der Waals surface area contributed by atoms with Crippen molar-refractivity contribution < 1.29 is 9.47 Å². The number of benzene rings is 2. The summed E-state index contributed by atoms with van der Waals surface area (Å²) in [5.41, 5.74) is 2.69. The van der Waals surface area contributed by atoms with Crippen LogP contribution in [0.15, 0.2) is 60.9 Å². The van der Waals surface area contributed by atoms with Crippen molar-refractivity contribution in [1.29, 1.82) is 0 Å². The van der Waals surface area contributed by atoms with E-state index >= 15 is 0 Å². The Morgan fingerprint density at radius 3 is 2.34 bits per heavy atom. The molecule has 29 heavy (non-hydrogen) atoms. The highest BCUT2D eigenvalue weighted by Crippen LogP contribution is 2.30. The average molecular weight is 389 g/mol. The van der Waals surface area contributed by atoms with E-state index in [4.69, 9.17) is 9.47 Å². The highest BCUT2D eigenvalue weighted by Gasteiger charge is 2.08. The highest BCUT2D eigenvalue weighted by atomic mass is 16.5. The number of anilines is 4. The molecule has 0 atom stereocenters. The summed E-state index contributed by atoms with van der Waals surface area (Å²) >= 11 is 0. The van der Waals surface area contributed by atoms with Crippen molar-refractivity contribution in [2.75, 3.05) is 24.9 Å². The first kappa shape index (κ1) is 18.2. The highest BCUT2D eigenvalue weighted by molar-refractivity contribution is 5.65. The summed E-state index contributed by atoms with van der Waals surface area (Å²) in [5.74, 6) is 2.61. The van der Waals surface area contributed by atoms with E-state index in [1.165, 1.54) is 6.33 Å². The summed E-state index contributed by atoms with van der Waals surface area (Å²) in [4.78, 5) is 12.7. The Labute approximate surface area is 167 Å². The largest absolute Gasteiger partial charge is 0.493 e. The maximum atomic E-state index is 5.31. The molecule has 2 aromatic heterocycles. The number of ether oxygens (including phenoxy) is 2. The number of aromatic nitrogens is 5. The van der Waals surface area contributed by atoms with Gasteiger partial charge in [0.15, 0.2) is 17.3 Å². The number of H-pyrrole nitrogens is 1. The standard InChI is InChI=1S/C20H19N7O2/c1-28-16-9-8-14(10-17(16)29-2)23-19-21-12-22-20(25-19)24-18-11-15(26-27-18)13-6-4-3-5-7-13/h3-12H,1-2H3,(H3,21,22,23,24,25,26,27). The molecule has 0 aliphatic rings. The SMILES string of the molecule is COc1ccc(Nc2ncnc(Nc3cc(-c4ccccc4)[nH]n3)n2)cc1OC. The summed E-state index contributed by atoms with van der Waals surface area (Å²) in [6.45, 7) is 0. The van der Waals surface area contributed by atoms with Crippen molar-refractivity contribution in [2.24, 2.45) is 0 Å². The fourth-order valence-electron chi connectivity index (χ4n) is 2.73. The van der Waals surface area contributed by atoms with Crippen LogP contribution in [0.1, 0.15) is 0 Å². The van der Waals surface area contributed by atoms with Crippen molar-refractivity contribution in [3.05, 3.63) is 60.9 Å². The van der Waals surface area contributed by atoms with Gasteiger partial charge in [-0.25, -0.2) is 9.97 Å². The Bertz CT molecular complexity index is 1100. The zero-order chi connectivity index (χ0) is 20.1. The topological polar surface area (TPSA) is 110 Å². The van der Waals surface area contributed by atoms with Crippen LogP contribution in [0.5, 0.6) is 11.5 Å². The normalized spacial score (nSPS) is 10.4. The van der Waals surface area contributed by atoms with Gasteiger partial charge < -0.3 is 20.1 Å². The van der Waals surface area contributed by atoms with E-state index in [1.54, 1.807) is 26.4 Å². The molecular formula is C20H19N7O2. The van der Waals surface area contributed by atoms with Crippen LogP contribution in [-0.2, 0) is 0 Å². The number of hydrogen-bond acceptors (Lipinski definition) is 8. The van der Waals surface area contributed by atoms with Gasteiger partial charge in [-0.3, -0.25) is 5.10 Å². The van der Waals surface area contributed by atoms with E-state index in [0.29, 0.717) is 29.2 Å². The number of nitrogens with zero attached hydrogens (tertiary/aromatic N) is 4. The quantitative estimate of drug-likeness (QED) is 0.438. The van der Waals surface area contributed by atoms with Crippen LogP contribution in [0.25, 0.3) is 11.3 Å². The van der Waals surface area contributed by atoms with Crippen LogP contribution in [0.4, 0.5) is 23.4 Å². The van der Waals surface area contributed by atoms with Gasteiger partial charge in [0.2, 0.25) is 11.9 Å². The zero-order valence-corrected chi connectivity index (χ0v) is 15.9. The fourth-order valence-corrected chi connectivity index (χ4v) is 2.73. The van der Waals surface area contributed by atoms with E-state index in [0.717, 1.165) is 16.9 Å². The number of hydrogen-bond donors (Lipinski definition) is 3. The Hall–Kier alpha value is -4.14. The van der Waals surface area contributed by atoms with E-state index in [2.05, 4.69) is 35.8 Å². The van der Waals surface area contributed by atoms with Gasteiger partial charge in [0.25, 0.3) is 0 Å². The van der Waals surface area contributed by atoms with Gasteiger partial charge >= 0.3 is 0 Å². The minimum Gasteiger partial charge on any atom is -0.493 e. The minimum atomic E-state index is 0.370. The van der Waals surface area contributed by atoms with Crippen molar-refractivity contribution in [1.82, 2.24) is 25.1 Å². The number of rotatable bonds is 7. The second kappa shape index (κ2) is 8.26. The lowest BCUT2D eigenvalue weighted by molar-refractivity contribution is 0.355. The molecule has 0 radical (unpaired) electrons. The van der Waals surface area contributed by atoms with Crippen molar-refractivity contribution in [2.45, 2.75) is 0 Å². The van der Waals surface area contributed by atoms with Crippen molar-refractivity contribution in [3.8, 4) is 22.8 Å². The third-order valence-corrected chi connectivity index (χ3v) is 4.11. The molecule has 146 valence electrons. The van der Waals surface area contributed by atoms with Crippen LogP contribution < -0.4 is 20.1 Å². The lowest BCUT2D eigenvalue weighted by atomic mass is 10.2. The molecule has 0 unspecified atom stereocenters. The van der Waals surface area contributed by atoms with Crippen LogP contribution in [0.2, 0.25) is 0 Å². The Morgan fingerprint density at radius 1 is 0.828 bits per heavy atom. The van der Waals surface area contributed by atoms with Gasteiger partial charge in [0, 0.05) is 17.8 Å². The predicted molar refractivity (Wildman–Crippen MR) is 110 cm³/mol. The smallest absolute Gasteiger partial charge is 0.233 e. The fraction of sp³-hybridized carbons (Fsp3) is 0.100. The van der Waals surface area contributed by atoms with Gasteiger partial charge in [0.1, 0.15) is 6.33 Å². The van der Waals surface area contributed by atoms with Crippen LogP contribution in [0, 0.1) is 0 Å². The Balaban J connectivity index is 1.49. The molecule has 3 N–H and O–H groups in total. The first-order valence-corrected chi connectivity index (χ1v) is 8.81. The van der Waals surface area contributed by atoms with Gasteiger partial charge in [-0.1, -0.05) is 30.3 Å². The maximum Gasteiger partial charge on any atom is 0.233 e. The second-order valence-electron chi connectivity index (χ2n) is 5.99. The van der Waals surface area contributed by atoms with Crippen LogP contribution in [-0.4, -0.2) is 39.4 Å². The molecule has 0 aliphatic heterocycles. The predicted octanol–water partition coefficient (Wildman–Crippen LogP) is 3.77. The Morgan fingerprint density at radius 2 is 1.59 bits per heavy atom. The van der Waals surface area contributed by atoms with Gasteiger partial charge in [-0.05, 0) is 17.7 Å². The van der Waals surface area contributed by atoms with Crippen molar-refractivity contribution in [3.63, 3.8) is 0 Å². The summed E-state index contributed by atoms with van der Waals surface area (Å²) in [6, 6.07) is 17.3. The lowest BCUT2D eigenvalue weighted by Crippen LogP contribution is -2.03. The number of nitrogens with one attached hydrogen (secondary N) is 3. The zero-order valence-electron chi connectivity index (χ0n) is 15.9. The molecule has 2 heterocycles. The maximum absolute atomic E-state index is 5.31. The molecule has 0 bridgehead atoms. The second-order valence-corrected chi connectivity index (χ2v) is 5.99. The van der Waals surface area contributed by atoms with Crippen LogP contribution >= 0.6 is 0 Å². The van der Waals surface area contributed by atoms with E-state index in [-0.39, 0.29) is 0 Å². The van der Waals surface area contributed by atoms with E-state index in [9.17, 15) is 0 Å². The summed E-state index contributed by atoms with van der Waals surface area (Å²) < 4.78 is 10.6. The van der Waals surface area contributed by atoms with Crippen LogP contribution in [0.3, 0.4) is 0 Å². The summed E-state index contributed by atoms with van der Waals surface area (Å²) in [6.07, 6.45) is 1.42. The third kappa shape index (κ3) is 4.24. The third-order valence-electron chi connectivity index (χ3n) is 4.11. The van der Waals surface area contributed by atoms with Gasteiger partial charge in [-0.15, -0.1) is 0 Å². The van der Waals surface area contributed by atoms with Crippen molar-refractivity contribution >= 4 is 23.4 Å². The molecule has 4 aromatic rings. The minimum absolute atomic E-state index is 0.370. The molecule has 4 rings (SSSR count). The molecule has 0 aliphatic carbocycles. The first-order chi connectivity index (χ1) is 14.2. The number of methoxy groups -OCH3 is 2. The average Bonchev–Trinajstić information content (AvgIpc) is 3.23. The summed E-state index contributed by atoms with van der Waals surface area (Å²) in [5, 5.41) is 13.4. The Kier molecular flexibility index (Phi) is 5.19. The molecular weight excluding hydrogens is 370 g/mol. The molecule has 9 heteroatoms. The van der Waals surface area contributed by atoms with E-state index < -0.39 is 0 Å². The van der Waals surface area contributed by atoms with Gasteiger partial charge in [-0.2, -0.15) is 10.1 Å². The number of aromatic amines is 1. The first-order valence-electron chi connectivity index (χ1n) is 8.81. The van der Waals surface area contributed by atoms with Gasteiger partial charge in [0.05, 0.1) is 19.9 Å². The molecule has 0 spiro atoms. The molecule has 0 saturated carbocycles. The lowest BCUT2D eigenvalue weighted by Gasteiger charge is -2.10. The molecule has 9 nitrogen and oxygen atoms in total.